The van der Waals surface area contributed by atoms with Crippen molar-refractivity contribution in [2.75, 3.05) is 4.72 Å². The average molecular weight is 429 g/mol. The first-order valence-corrected chi connectivity index (χ1v) is 10.6. The van der Waals surface area contributed by atoms with Gasteiger partial charge in [0, 0.05) is 30.2 Å². The summed E-state index contributed by atoms with van der Waals surface area (Å²) in [5.74, 6) is 1.01. The molecule has 0 unspecified atom stereocenters. The number of pyridine rings is 1. The minimum atomic E-state index is -3.82. The quantitative estimate of drug-likeness (QED) is 0.460. The minimum absolute atomic E-state index is 0.00440. The number of furan rings is 1. The summed E-state index contributed by atoms with van der Waals surface area (Å²) in [6.45, 7) is 0. The lowest BCUT2D eigenvalue weighted by Gasteiger charge is -2.06. The zero-order valence-electron chi connectivity index (χ0n) is 16.0. The van der Waals surface area contributed by atoms with Crippen LogP contribution in [-0.4, -0.2) is 23.4 Å². The predicted octanol–water partition coefficient (Wildman–Crippen LogP) is 4.00. The Hall–Kier alpha value is -4.29. The molecule has 152 valence electrons. The molecule has 0 spiro atoms. The van der Waals surface area contributed by atoms with E-state index < -0.39 is 10.0 Å². The summed E-state index contributed by atoms with van der Waals surface area (Å²) in [6.07, 6.45) is 6.11. The molecule has 0 radical (unpaired) electrons. The molecule has 3 aromatic heterocycles. The molecule has 8 nitrogen and oxygen atoms in total. The van der Waals surface area contributed by atoms with Crippen molar-refractivity contribution >= 4 is 27.6 Å². The Morgan fingerprint density at radius 1 is 0.935 bits per heavy atom. The summed E-state index contributed by atoms with van der Waals surface area (Å²) in [4.78, 5) is 12.0. The van der Waals surface area contributed by atoms with Gasteiger partial charge in [0.15, 0.2) is 0 Å². The van der Waals surface area contributed by atoms with Gasteiger partial charge < -0.3 is 4.42 Å². The number of hydrogen-bond donors (Lipinski definition) is 1. The normalized spacial score (nSPS) is 11.6. The molecule has 1 aromatic carbocycles. The Morgan fingerprint density at radius 3 is 2.35 bits per heavy atom. The van der Waals surface area contributed by atoms with Crippen molar-refractivity contribution in [1.29, 1.82) is 5.26 Å². The Morgan fingerprint density at radius 2 is 1.68 bits per heavy atom. The molecule has 0 saturated heterocycles. The van der Waals surface area contributed by atoms with Gasteiger partial charge in [-0.05, 0) is 54.6 Å². The Bertz CT molecular complexity index is 1360. The molecule has 3 heterocycles. The zero-order chi connectivity index (χ0) is 21.7. The lowest BCUT2D eigenvalue weighted by Crippen LogP contribution is -2.14. The van der Waals surface area contributed by atoms with E-state index in [0.717, 1.165) is 0 Å². The third-order valence-electron chi connectivity index (χ3n) is 4.22. The number of hydrogen-bond acceptors (Lipinski definition) is 7. The monoisotopic (exact) mass is 429 g/mol. The first-order chi connectivity index (χ1) is 15.0. The van der Waals surface area contributed by atoms with Gasteiger partial charge in [0.25, 0.3) is 10.0 Å². The molecule has 31 heavy (non-hydrogen) atoms. The van der Waals surface area contributed by atoms with E-state index in [-0.39, 0.29) is 10.8 Å². The number of sulfonamides is 1. The molecule has 0 saturated carbocycles. The zero-order valence-corrected chi connectivity index (χ0v) is 16.8. The van der Waals surface area contributed by atoms with Crippen LogP contribution in [0.15, 0.2) is 88.6 Å². The van der Waals surface area contributed by atoms with E-state index in [1.54, 1.807) is 60.8 Å². The second-order valence-corrected chi connectivity index (χ2v) is 7.97. The molecule has 4 aromatic rings. The number of nitrogens with one attached hydrogen (secondary N) is 1. The number of nitrogens with zero attached hydrogens (tertiary/aromatic N) is 4. The highest BCUT2D eigenvalue weighted by molar-refractivity contribution is 7.92. The maximum atomic E-state index is 12.5. The van der Waals surface area contributed by atoms with Crippen molar-refractivity contribution in [1.82, 2.24) is 15.0 Å². The lowest BCUT2D eigenvalue weighted by molar-refractivity contribution is 0.572. The van der Waals surface area contributed by atoms with Crippen LogP contribution < -0.4 is 4.72 Å². The van der Waals surface area contributed by atoms with Crippen LogP contribution >= 0.6 is 0 Å². The standard InChI is InChI=1S/C22H15N5O3S/c23-15-17(20-4-1-2-11-24-20)14-18-7-10-21(30-18)16-5-8-19(9-6-16)31(28,29)27-22-25-12-3-13-26-22/h1-14H,(H,25,26,27). The SMILES string of the molecule is N#CC(=Cc1ccc(-c2ccc(S(=O)(=O)Nc3ncccn3)cc2)o1)c1ccccn1. The molecule has 0 atom stereocenters. The average Bonchev–Trinajstić information content (AvgIpc) is 3.27. The summed E-state index contributed by atoms with van der Waals surface area (Å²) in [5, 5.41) is 9.41. The van der Waals surface area contributed by atoms with E-state index >= 15 is 0 Å². The van der Waals surface area contributed by atoms with E-state index in [1.807, 2.05) is 0 Å². The molecular formula is C22H15N5O3S. The maximum Gasteiger partial charge on any atom is 0.264 e. The minimum Gasteiger partial charge on any atom is -0.457 e. The Balaban J connectivity index is 1.55. The van der Waals surface area contributed by atoms with Gasteiger partial charge in [0.2, 0.25) is 5.95 Å². The van der Waals surface area contributed by atoms with Crippen LogP contribution in [0.3, 0.4) is 0 Å². The topological polar surface area (TPSA) is 122 Å². The third-order valence-corrected chi connectivity index (χ3v) is 5.56. The van der Waals surface area contributed by atoms with Crippen molar-refractivity contribution < 1.29 is 12.8 Å². The second-order valence-electron chi connectivity index (χ2n) is 6.29. The van der Waals surface area contributed by atoms with Gasteiger partial charge >= 0.3 is 0 Å². The van der Waals surface area contributed by atoms with Crippen LogP contribution in [0.5, 0.6) is 0 Å². The molecule has 0 aliphatic rings. The van der Waals surface area contributed by atoms with Crippen molar-refractivity contribution in [2.45, 2.75) is 4.90 Å². The Labute approximate surface area is 178 Å². The van der Waals surface area contributed by atoms with Crippen LogP contribution in [0, 0.1) is 11.3 Å². The molecule has 0 fully saturated rings. The fourth-order valence-electron chi connectivity index (χ4n) is 2.74. The lowest BCUT2D eigenvalue weighted by atomic mass is 10.1. The Kier molecular flexibility index (Phi) is 5.55. The first-order valence-electron chi connectivity index (χ1n) is 9.08. The molecule has 0 aliphatic carbocycles. The van der Waals surface area contributed by atoms with E-state index in [0.29, 0.717) is 28.4 Å². The molecule has 0 aliphatic heterocycles. The van der Waals surface area contributed by atoms with Gasteiger partial charge in [-0.25, -0.2) is 23.1 Å². The van der Waals surface area contributed by atoms with E-state index in [9.17, 15) is 13.7 Å². The van der Waals surface area contributed by atoms with Crippen LogP contribution in [0.1, 0.15) is 11.5 Å². The third kappa shape index (κ3) is 4.66. The van der Waals surface area contributed by atoms with Gasteiger partial charge in [0.1, 0.15) is 17.6 Å². The smallest absolute Gasteiger partial charge is 0.264 e. The predicted molar refractivity (Wildman–Crippen MR) is 115 cm³/mol. The summed E-state index contributed by atoms with van der Waals surface area (Å²) >= 11 is 0. The fourth-order valence-corrected chi connectivity index (χ4v) is 3.70. The van der Waals surface area contributed by atoms with Crippen molar-refractivity contribution in [3.8, 4) is 17.4 Å². The maximum absolute atomic E-state index is 12.5. The number of allylic oxidation sites excluding steroid dienone is 1. The fraction of sp³-hybridized carbons (Fsp3) is 0. The first kappa shape index (κ1) is 20.0. The largest absolute Gasteiger partial charge is 0.457 e. The number of rotatable bonds is 6. The molecule has 0 bridgehead atoms. The molecule has 1 N–H and O–H groups in total. The molecular weight excluding hydrogens is 414 g/mol. The summed E-state index contributed by atoms with van der Waals surface area (Å²) < 4.78 is 33.1. The number of anilines is 1. The highest BCUT2D eigenvalue weighted by Gasteiger charge is 2.16. The number of benzene rings is 1. The molecule has 9 heteroatoms. The summed E-state index contributed by atoms with van der Waals surface area (Å²) in [5.41, 5.74) is 1.61. The van der Waals surface area contributed by atoms with Crippen LogP contribution in [0.2, 0.25) is 0 Å². The highest BCUT2D eigenvalue weighted by Crippen LogP contribution is 2.26. The van der Waals surface area contributed by atoms with Crippen LogP contribution in [0.25, 0.3) is 23.0 Å². The van der Waals surface area contributed by atoms with Crippen molar-refractivity contribution in [2.24, 2.45) is 0 Å². The van der Waals surface area contributed by atoms with Gasteiger partial charge in [-0.3, -0.25) is 4.98 Å². The highest BCUT2D eigenvalue weighted by atomic mass is 32.2. The van der Waals surface area contributed by atoms with E-state index in [2.05, 4.69) is 25.7 Å². The van der Waals surface area contributed by atoms with Gasteiger partial charge in [0.05, 0.1) is 16.2 Å². The number of aromatic nitrogens is 3. The van der Waals surface area contributed by atoms with Crippen molar-refractivity contribution in [3.05, 3.63) is 90.7 Å². The van der Waals surface area contributed by atoms with E-state index in [1.165, 1.54) is 24.5 Å². The molecule has 4 rings (SSSR count). The van der Waals surface area contributed by atoms with Gasteiger partial charge in [-0.1, -0.05) is 6.07 Å². The van der Waals surface area contributed by atoms with Crippen LogP contribution in [0.4, 0.5) is 5.95 Å². The van der Waals surface area contributed by atoms with Gasteiger partial charge in [-0.15, -0.1) is 0 Å². The summed E-state index contributed by atoms with van der Waals surface area (Å²) in [7, 11) is -3.82. The van der Waals surface area contributed by atoms with E-state index in [4.69, 9.17) is 4.42 Å². The van der Waals surface area contributed by atoms with Crippen molar-refractivity contribution in [3.63, 3.8) is 0 Å². The van der Waals surface area contributed by atoms with Crippen LogP contribution in [-0.2, 0) is 10.0 Å². The summed E-state index contributed by atoms with van der Waals surface area (Å²) in [6, 6.07) is 18.7. The number of nitriles is 1. The van der Waals surface area contributed by atoms with Gasteiger partial charge in [-0.2, -0.15) is 5.26 Å². The second kappa shape index (κ2) is 8.61. The molecule has 0 amide bonds.